The molecule has 4 N–H and O–H groups in total. The van der Waals surface area contributed by atoms with Crippen molar-refractivity contribution in [3.63, 3.8) is 0 Å². The van der Waals surface area contributed by atoms with E-state index in [4.69, 9.17) is 15.2 Å². The van der Waals surface area contributed by atoms with E-state index in [1.54, 1.807) is 25.4 Å². The molecule has 2 aliphatic rings. The van der Waals surface area contributed by atoms with Crippen molar-refractivity contribution in [1.29, 1.82) is 0 Å². The van der Waals surface area contributed by atoms with Crippen LogP contribution in [0.2, 0.25) is 0 Å². The van der Waals surface area contributed by atoms with Gasteiger partial charge in [-0.15, -0.1) is 0 Å². The zero-order valence-electron chi connectivity index (χ0n) is 19.0. The second-order valence-corrected chi connectivity index (χ2v) is 9.31. The van der Waals surface area contributed by atoms with Gasteiger partial charge in [0.15, 0.2) is 0 Å². The van der Waals surface area contributed by atoms with Crippen LogP contribution in [0.1, 0.15) is 61.0 Å². The molecule has 0 unspecified atom stereocenters. The van der Waals surface area contributed by atoms with Gasteiger partial charge in [0.25, 0.3) is 0 Å². The Balaban J connectivity index is 1.54. The number of esters is 1. The molecule has 5 rings (SSSR count). The fraction of sp³-hybridized carbons (Fsp3) is 0.400. The summed E-state index contributed by atoms with van der Waals surface area (Å²) in [6.45, 7) is 5.49. The number of benzene rings is 1. The summed E-state index contributed by atoms with van der Waals surface area (Å²) in [6.07, 6.45) is 5.45. The fourth-order valence-electron chi connectivity index (χ4n) is 4.10. The van der Waals surface area contributed by atoms with Crippen LogP contribution in [0.4, 0.5) is 11.5 Å². The molecule has 33 heavy (non-hydrogen) atoms. The van der Waals surface area contributed by atoms with E-state index >= 15 is 0 Å². The predicted molar refractivity (Wildman–Crippen MR) is 125 cm³/mol. The smallest absolute Gasteiger partial charge is 0.338 e. The Morgan fingerprint density at radius 2 is 2.00 bits per heavy atom. The molecule has 0 saturated heterocycles. The number of carbonyl (C=O) groups is 1. The van der Waals surface area contributed by atoms with Crippen molar-refractivity contribution in [2.24, 2.45) is 5.73 Å². The average molecular weight is 449 g/mol. The van der Waals surface area contributed by atoms with Crippen LogP contribution in [0, 0.1) is 0 Å². The van der Waals surface area contributed by atoms with Crippen molar-refractivity contribution in [1.82, 2.24) is 9.97 Å². The van der Waals surface area contributed by atoms with Gasteiger partial charge < -0.3 is 25.6 Å². The molecule has 1 fully saturated rings. The summed E-state index contributed by atoms with van der Waals surface area (Å²) in [5.41, 5.74) is 8.47. The van der Waals surface area contributed by atoms with Gasteiger partial charge in [-0.2, -0.15) is 0 Å². The fourth-order valence-corrected chi connectivity index (χ4v) is 4.10. The summed E-state index contributed by atoms with van der Waals surface area (Å²) < 4.78 is 11.4. The number of carbonyl (C=O) groups excluding carboxylic acids is 1. The zero-order chi connectivity index (χ0) is 23.3. The number of aromatic nitrogens is 2. The van der Waals surface area contributed by atoms with E-state index in [0.717, 1.165) is 34.9 Å². The lowest BCUT2D eigenvalue weighted by molar-refractivity contribution is 0.0241. The summed E-state index contributed by atoms with van der Waals surface area (Å²) >= 11 is 0. The van der Waals surface area contributed by atoms with E-state index in [-0.39, 0.29) is 30.7 Å². The van der Waals surface area contributed by atoms with Crippen LogP contribution in [0.5, 0.6) is 5.88 Å². The quantitative estimate of drug-likeness (QED) is 0.488. The SMILES string of the molecule is C[C@@H]1OC(=O)c2ccc(Nc3cc4c([C@@](C)(N)CO)cnc(OC5CC5)c4cn3)cc2[C@H]1C. The summed E-state index contributed by atoms with van der Waals surface area (Å²) in [4.78, 5) is 21.3. The zero-order valence-corrected chi connectivity index (χ0v) is 19.0. The number of aliphatic hydroxyl groups excluding tert-OH is 1. The van der Waals surface area contributed by atoms with Gasteiger partial charge in [-0.05, 0) is 61.9 Å². The Labute approximate surface area is 192 Å². The van der Waals surface area contributed by atoms with Crippen molar-refractivity contribution in [2.45, 2.75) is 57.3 Å². The van der Waals surface area contributed by atoms with E-state index in [1.165, 1.54) is 0 Å². The molecule has 3 atom stereocenters. The third kappa shape index (κ3) is 4.00. The predicted octanol–water partition coefficient (Wildman–Crippen LogP) is 3.74. The van der Waals surface area contributed by atoms with Gasteiger partial charge in [-0.3, -0.25) is 0 Å². The third-order valence-corrected chi connectivity index (χ3v) is 6.51. The van der Waals surface area contributed by atoms with Gasteiger partial charge in [0.1, 0.15) is 18.0 Å². The number of cyclic esters (lactones) is 1. The third-order valence-electron chi connectivity index (χ3n) is 6.51. The lowest BCUT2D eigenvalue weighted by Crippen LogP contribution is -2.37. The lowest BCUT2D eigenvalue weighted by atomic mass is 9.89. The molecule has 3 heterocycles. The average Bonchev–Trinajstić information content (AvgIpc) is 3.61. The molecule has 8 heteroatoms. The number of anilines is 2. The summed E-state index contributed by atoms with van der Waals surface area (Å²) in [6, 6.07) is 7.49. The Morgan fingerprint density at radius 1 is 1.21 bits per heavy atom. The first-order valence-corrected chi connectivity index (χ1v) is 11.2. The van der Waals surface area contributed by atoms with Crippen molar-refractivity contribution >= 4 is 28.2 Å². The van der Waals surface area contributed by atoms with E-state index in [1.807, 2.05) is 32.0 Å². The molecule has 2 aromatic heterocycles. The van der Waals surface area contributed by atoms with E-state index < -0.39 is 5.54 Å². The Hall–Kier alpha value is -3.23. The maximum absolute atomic E-state index is 12.2. The maximum atomic E-state index is 12.2. The minimum Gasteiger partial charge on any atom is -0.474 e. The normalized spacial score (nSPS) is 21.8. The lowest BCUT2D eigenvalue weighted by Gasteiger charge is -2.28. The van der Waals surface area contributed by atoms with Crippen LogP contribution in [-0.2, 0) is 10.3 Å². The number of nitrogens with one attached hydrogen (secondary N) is 1. The second-order valence-electron chi connectivity index (χ2n) is 9.31. The first kappa shape index (κ1) is 21.6. The molecule has 0 radical (unpaired) electrons. The van der Waals surface area contributed by atoms with Crippen molar-refractivity contribution in [3.8, 4) is 5.88 Å². The van der Waals surface area contributed by atoms with Crippen molar-refractivity contribution in [2.75, 3.05) is 11.9 Å². The molecular weight excluding hydrogens is 420 g/mol. The van der Waals surface area contributed by atoms with Crippen LogP contribution in [0.3, 0.4) is 0 Å². The Bertz CT molecular complexity index is 1240. The number of rotatable bonds is 6. The largest absolute Gasteiger partial charge is 0.474 e. The van der Waals surface area contributed by atoms with Crippen molar-refractivity contribution in [3.05, 3.63) is 53.3 Å². The molecule has 1 aromatic carbocycles. The molecular formula is C25H28N4O4. The number of aliphatic hydroxyl groups is 1. The summed E-state index contributed by atoms with van der Waals surface area (Å²) in [5, 5.41) is 14.8. The number of nitrogens with zero attached hydrogens (tertiary/aromatic N) is 2. The first-order valence-electron chi connectivity index (χ1n) is 11.2. The number of pyridine rings is 2. The van der Waals surface area contributed by atoms with Gasteiger partial charge >= 0.3 is 5.97 Å². The monoisotopic (exact) mass is 448 g/mol. The standard InChI is InChI=1S/C25H28N4O4/c1-13-14(2)32-24(31)17-7-4-15(8-18(13)17)29-22-9-19-20(10-27-22)23(33-16-5-6-16)28-11-21(19)25(3,26)12-30/h4,7-11,13-14,16,30H,5-6,12,26H2,1-3H3,(H,27,29)/t13-,14-,25-/m0/s1. The number of nitrogens with two attached hydrogens (primary N) is 1. The molecule has 172 valence electrons. The van der Waals surface area contributed by atoms with E-state index in [9.17, 15) is 9.90 Å². The molecule has 8 nitrogen and oxygen atoms in total. The van der Waals surface area contributed by atoms with E-state index in [2.05, 4.69) is 15.3 Å². The number of hydrogen-bond donors (Lipinski definition) is 3. The highest BCUT2D eigenvalue weighted by Crippen LogP contribution is 2.37. The van der Waals surface area contributed by atoms with Crippen LogP contribution in [-0.4, -0.2) is 39.9 Å². The molecule has 1 aliphatic heterocycles. The minimum absolute atomic E-state index is 0.0892. The molecule has 3 aromatic rings. The van der Waals surface area contributed by atoms with Gasteiger partial charge in [0.2, 0.25) is 5.88 Å². The topological polar surface area (TPSA) is 120 Å². The van der Waals surface area contributed by atoms with Crippen LogP contribution in [0.25, 0.3) is 10.8 Å². The number of hydrogen-bond acceptors (Lipinski definition) is 8. The van der Waals surface area contributed by atoms with Crippen molar-refractivity contribution < 1.29 is 19.4 Å². The maximum Gasteiger partial charge on any atom is 0.338 e. The van der Waals surface area contributed by atoms with Crippen LogP contribution < -0.4 is 15.8 Å². The first-order chi connectivity index (χ1) is 15.8. The minimum atomic E-state index is -0.972. The van der Waals surface area contributed by atoms with Gasteiger partial charge in [-0.1, -0.05) is 6.92 Å². The summed E-state index contributed by atoms with van der Waals surface area (Å²) in [5.74, 6) is 0.933. The van der Waals surface area contributed by atoms with Gasteiger partial charge in [-0.25, -0.2) is 14.8 Å². The number of ether oxygens (including phenoxy) is 2. The second kappa shape index (κ2) is 7.97. The van der Waals surface area contributed by atoms with Gasteiger partial charge in [0, 0.05) is 29.6 Å². The van der Waals surface area contributed by atoms with Crippen LogP contribution >= 0.6 is 0 Å². The Kier molecular flexibility index (Phi) is 5.22. The van der Waals surface area contributed by atoms with Gasteiger partial charge in [0.05, 0.1) is 23.1 Å². The molecule has 1 saturated carbocycles. The molecule has 1 aliphatic carbocycles. The Morgan fingerprint density at radius 3 is 2.73 bits per heavy atom. The highest BCUT2D eigenvalue weighted by molar-refractivity contribution is 5.94. The van der Waals surface area contributed by atoms with E-state index in [0.29, 0.717) is 22.8 Å². The molecule has 0 bridgehead atoms. The molecule has 0 spiro atoms. The van der Waals surface area contributed by atoms with Crippen LogP contribution in [0.15, 0.2) is 36.7 Å². The highest BCUT2D eigenvalue weighted by atomic mass is 16.5. The number of fused-ring (bicyclic) bond motifs is 2. The highest BCUT2D eigenvalue weighted by Gasteiger charge is 2.31. The molecule has 0 amide bonds. The summed E-state index contributed by atoms with van der Waals surface area (Å²) in [7, 11) is 0.